The summed E-state index contributed by atoms with van der Waals surface area (Å²) in [5, 5.41) is 59.3. The van der Waals surface area contributed by atoms with Crippen molar-refractivity contribution >= 4 is 12.3 Å². The molecule has 0 saturated heterocycles. The monoisotopic (exact) mass is 287 g/mol. The highest BCUT2D eigenvalue weighted by Crippen LogP contribution is 2.02. The average molecular weight is 287 g/mol. The van der Waals surface area contributed by atoms with Crippen molar-refractivity contribution in [3.8, 4) is 0 Å². The van der Waals surface area contributed by atoms with Crippen molar-refractivity contribution in [3.63, 3.8) is 0 Å². The van der Waals surface area contributed by atoms with Gasteiger partial charge in [-0.05, 0) is 6.92 Å². The van der Waals surface area contributed by atoms with Crippen LogP contribution in [0.2, 0.25) is 0 Å². The van der Waals surface area contributed by atoms with Gasteiger partial charge in [-0.1, -0.05) is 0 Å². The van der Waals surface area contributed by atoms with Crippen LogP contribution in [0.4, 0.5) is 0 Å². The minimum atomic E-state index is -1.79. The van der Waals surface area contributed by atoms with Gasteiger partial charge in [-0.3, -0.25) is 0 Å². The quantitative estimate of drug-likeness (QED) is 0.223. The summed E-state index contributed by atoms with van der Waals surface area (Å²) in [6.45, 7) is 0.437. The van der Waals surface area contributed by atoms with E-state index in [1.807, 2.05) is 0 Å². The molecule has 0 aliphatic carbocycles. The van der Waals surface area contributed by atoms with Gasteiger partial charge in [0.05, 0.1) is 6.61 Å². The molecule has 0 aromatic rings. The van der Waals surface area contributed by atoms with Crippen molar-refractivity contribution in [2.45, 2.75) is 37.4 Å². The number of rotatable bonds is 6. The lowest BCUT2D eigenvalue weighted by atomic mass is 10.0. The number of carbonyl (C=O) groups excluding carboxylic acids is 1. The average Bonchev–Trinajstić information content (AvgIpc) is 2.35. The second-order valence-electron chi connectivity index (χ2n) is 3.37. The summed E-state index contributed by atoms with van der Waals surface area (Å²) in [4.78, 5) is 19.3. The molecule has 0 aromatic heterocycles. The minimum Gasteiger partial charge on any atom is -0.479 e. The molecule has 0 fully saturated rings. The smallest absolute Gasteiger partial charge is 0.332 e. The minimum absolute atomic E-state index is 0. The van der Waals surface area contributed by atoms with Gasteiger partial charge in [0.15, 0.2) is 6.29 Å². The van der Waals surface area contributed by atoms with E-state index in [2.05, 4.69) is 0 Å². The van der Waals surface area contributed by atoms with E-state index in [0.29, 0.717) is 0 Å². The number of aliphatic carboxylic acids is 1. The van der Waals surface area contributed by atoms with Crippen LogP contribution in [0.15, 0.2) is 0 Å². The third-order valence-electron chi connectivity index (χ3n) is 1.78. The van der Waals surface area contributed by atoms with Crippen LogP contribution in [0.5, 0.6) is 0 Å². The third-order valence-corrected chi connectivity index (χ3v) is 1.78. The Bertz CT molecular complexity index is 248. The summed E-state index contributed by atoms with van der Waals surface area (Å²) in [5.74, 6) is -1.19. The Hall–Kier alpha value is -1.14. The van der Waals surface area contributed by atoms with Gasteiger partial charge in [-0.25, -0.2) is 4.79 Å². The van der Waals surface area contributed by atoms with Crippen molar-refractivity contribution < 1.29 is 45.3 Å². The normalized spacial score (nSPS) is 17.6. The lowest BCUT2D eigenvalue weighted by Gasteiger charge is -2.22. The zero-order valence-corrected chi connectivity index (χ0v) is 10.3. The summed E-state index contributed by atoms with van der Waals surface area (Å²) in [6, 6.07) is 0. The van der Waals surface area contributed by atoms with Gasteiger partial charge >= 0.3 is 5.97 Å². The molecular weight excluding hydrogens is 266 g/mol. The number of carboxylic acid groups (broad SMARTS) is 1. The molecule has 0 rings (SSSR count). The molecule has 0 saturated carbocycles. The molecule has 0 bridgehead atoms. The number of carboxylic acids is 1. The molecule has 10 nitrogen and oxygen atoms in total. The first-order chi connectivity index (χ1) is 8.18. The van der Waals surface area contributed by atoms with E-state index in [0.717, 1.165) is 0 Å². The fourth-order valence-electron chi connectivity index (χ4n) is 0.618. The van der Waals surface area contributed by atoms with Gasteiger partial charge in [-0.15, -0.1) is 0 Å². The van der Waals surface area contributed by atoms with Crippen molar-refractivity contribution in [3.05, 3.63) is 0 Å². The molecule has 0 spiro atoms. The fraction of sp³-hybridized carbons (Fsp3) is 0.778. The van der Waals surface area contributed by atoms with E-state index >= 15 is 0 Å². The van der Waals surface area contributed by atoms with Crippen molar-refractivity contribution in [2.24, 2.45) is 0 Å². The van der Waals surface area contributed by atoms with Gasteiger partial charge in [0.1, 0.15) is 30.5 Å². The zero-order chi connectivity index (χ0) is 14.9. The Morgan fingerprint density at radius 3 is 1.68 bits per heavy atom. The highest BCUT2D eigenvalue weighted by atomic mass is 16.4. The van der Waals surface area contributed by atoms with Gasteiger partial charge in [0.25, 0.3) is 0 Å². The molecular formula is C9H21NO9. The van der Waals surface area contributed by atoms with Gasteiger partial charge in [0.2, 0.25) is 0 Å². The molecule has 1 unspecified atom stereocenters. The van der Waals surface area contributed by atoms with E-state index in [4.69, 9.17) is 35.7 Å². The third kappa shape index (κ3) is 10.5. The summed E-state index contributed by atoms with van der Waals surface area (Å²) < 4.78 is 0. The lowest BCUT2D eigenvalue weighted by Crippen LogP contribution is -2.46. The predicted molar refractivity (Wildman–Crippen MR) is 61.5 cm³/mol. The van der Waals surface area contributed by atoms with Crippen LogP contribution in [-0.4, -0.2) is 85.1 Å². The van der Waals surface area contributed by atoms with Gasteiger partial charge < -0.3 is 46.7 Å². The Labute approximate surface area is 109 Å². The fourth-order valence-corrected chi connectivity index (χ4v) is 0.618. The molecule has 0 aromatic carbocycles. The van der Waals surface area contributed by atoms with E-state index in [1.165, 1.54) is 6.92 Å². The van der Waals surface area contributed by atoms with Crippen molar-refractivity contribution in [1.29, 1.82) is 0 Å². The number of aliphatic hydroxyl groups excluding tert-OH is 6. The standard InChI is InChI=1S/C6H12O6.C3H6O3.H3N/c7-1-3(9)5(11)6(12)4(10)2-8;1-2(4)3(5)6;/h1,3-6,8-12H,2H2;2,4H,1H3,(H,5,6);1H3/t3-,4+,5+,6+;;/m0../s1. The van der Waals surface area contributed by atoms with Crippen molar-refractivity contribution in [2.75, 3.05) is 6.61 Å². The topological polar surface area (TPSA) is 211 Å². The number of hydrogen-bond acceptors (Lipinski definition) is 9. The van der Waals surface area contributed by atoms with E-state index in [1.54, 1.807) is 0 Å². The summed E-state index contributed by atoms with van der Waals surface area (Å²) >= 11 is 0. The molecule has 10 N–H and O–H groups in total. The Kier molecular flexibility index (Phi) is 14.4. The first-order valence-corrected chi connectivity index (χ1v) is 4.88. The highest BCUT2D eigenvalue weighted by Gasteiger charge is 2.29. The molecule has 10 heteroatoms. The maximum absolute atomic E-state index is 9.90. The van der Waals surface area contributed by atoms with Gasteiger partial charge in [-0.2, -0.15) is 0 Å². The number of aliphatic hydroxyl groups is 6. The number of aldehydes is 1. The molecule has 5 atom stereocenters. The molecule has 0 aliphatic heterocycles. The first kappa shape index (κ1) is 23.0. The molecule has 0 amide bonds. The summed E-state index contributed by atoms with van der Waals surface area (Å²) in [5.41, 5.74) is 0. The maximum atomic E-state index is 9.90. The van der Waals surface area contributed by atoms with Crippen LogP contribution in [0, 0.1) is 0 Å². The Morgan fingerprint density at radius 1 is 1.11 bits per heavy atom. The van der Waals surface area contributed by atoms with Crippen LogP contribution in [-0.2, 0) is 9.59 Å². The summed E-state index contributed by atoms with van der Waals surface area (Å²) in [7, 11) is 0. The zero-order valence-electron chi connectivity index (χ0n) is 10.3. The molecule has 116 valence electrons. The predicted octanol–water partition coefficient (Wildman–Crippen LogP) is -3.76. The molecule has 0 heterocycles. The molecule has 0 radical (unpaired) electrons. The molecule has 19 heavy (non-hydrogen) atoms. The van der Waals surface area contributed by atoms with Crippen LogP contribution >= 0.6 is 0 Å². The van der Waals surface area contributed by atoms with Crippen molar-refractivity contribution in [1.82, 2.24) is 6.15 Å². The highest BCUT2D eigenvalue weighted by molar-refractivity contribution is 5.71. The second-order valence-corrected chi connectivity index (χ2v) is 3.37. The first-order valence-electron chi connectivity index (χ1n) is 4.88. The lowest BCUT2D eigenvalue weighted by molar-refractivity contribution is -0.145. The van der Waals surface area contributed by atoms with Crippen LogP contribution in [0.25, 0.3) is 0 Å². The van der Waals surface area contributed by atoms with E-state index < -0.39 is 43.1 Å². The van der Waals surface area contributed by atoms with E-state index in [9.17, 15) is 9.59 Å². The maximum Gasteiger partial charge on any atom is 0.332 e. The second kappa shape index (κ2) is 11.9. The van der Waals surface area contributed by atoms with Crippen LogP contribution in [0.1, 0.15) is 6.92 Å². The van der Waals surface area contributed by atoms with Crippen LogP contribution in [0.3, 0.4) is 0 Å². The Morgan fingerprint density at radius 2 is 1.47 bits per heavy atom. The summed E-state index contributed by atoms with van der Waals surface area (Å²) in [6.07, 6.45) is -8.07. The number of hydrogen-bond donors (Lipinski definition) is 8. The Balaban J connectivity index is -0.000000313. The SMILES string of the molecule is CC(O)C(=O)O.N.O=C[C@H](O)[C@@H](O)[C@H](O)[C@H](O)CO. The van der Waals surface area contributed by atoms with E-state index in [-0.39, 0.29) is 12.4 Å². The van der Waals surface area contributed by atoms with Crippen LogP contribution < -0.4 is 6.15 Å². The molecule has 0 aliphatic rings. The number of carbonyl (C=O) groups is 2. The van der Waals surface area contributed by atoms with Gasteiger partial charge in [0, 0.05) is 0 Å². The largest absolute Gasteiger partial charge is 0.479 e.